The van der Waals surface area contributed by atoms with Gasteiger partial charge >= 0.3 is 0 Å². The number of pyridine rings is 1. The second-order valence-corrected chi connectivity index (χ2v) is 7.61. The number of aromatic nitrogens is 1. The molecule has 2 aromatic rings. The molecule has 0 bridgehead atoms. The minimum Gasteiger partial charge on any atom is -0.339 e. The summed E-state index contributed by atoms with van der Waals surface area (Å²) in [7, 11) is 0. The Hall–Kier alpha value is -3.04. The van der Waals surface area contributed by atoms with Crippen LogP contribution in [-0.2, 0) is 16.3 Å². The molecule has 0 N–H and O–H groups in total. The summed E-state index contributed by atoms with van der Waals surface area (Å²) < 4.78 is 0. The van der Waals surface area contributed by atoms with E-state index in [-0.39, 0.29) is 24.2 Å². The molecule has 1 radical (unpaired) electrons. The van der Waals surface area contributed by atoms with E-state index in [9.17, 15) is 14.7 Å². The molecule has 1 aliphatic rings. The Morgan fingerprint density at radius 2 is 2.03 bits per heavy atom. The van der Waals surface area contributed by atoms with E-state index in [1.807, 2.05) is 18.2 Å². The van der Waals surface area contributed by atoms with E-state index in [0.717, 1.165) is 5.56 Å². The number of rotatable bonds is 6. The highest BCUT2D eigenvalue weighted by molar-refractivity contribution is 5.98. The SMILES string of the molecule is CC(CC(=O)c1ccc(C#N)cc1)C(=O)N1CC[C@@H]([O])CC1Cc1cccnc1. The summed E-state index contributed by atoms with van der Waals surface area (Å²) >= 11 is 0. The van der Waals surface area contributed by atoms with E-state index in [0.29, 0.717) is 36.9 Å². The number of carbonyl (C=O) groups is 2. The van der Waals surface area contributed by atoms with Crippen LogP contribution in [0.15, 0.2) is 48.8 Å². The van der Waals surface area contributed by atoms with E-state index in [1.54, 1.807) is 48.5 Å². The molecule has 2 unspecified atom stereocenters. The Bertz CT molecular complexity index is 890. The molecule has 1 saturated heterocycles. The van der Waals surface area contributed by atoms with Crippen LogP contribution < -0.4 is 0 Å². The van der Waals surface area contributed by atoms with E-state index < -0.39 is 12.0 Å². The molecule has 1 aromatic heterocycles. The third kappa shape index (κ3) is 5.27. The highest BCUT2D eigenvalue weighted by atomic mass is 16.3. The van der Waals surface area contributed by atoms with Crippen molar-refractivity contribution in [1.82, 2.24) is 9.88 Å². The third-order valence-corrected chi connectivity index (χ3v) is 5.39. The van der Waals surface area contributed by atoms with Gasteiger partial charge in [-0.25, -0.2) is 5.11 Å². The molecule has 0 saturated carbocycles. The Morgan fingerprint density at radius 3 is 2.69 bits per heavy atom. The van der Waals surface area contributed by atoms with Gasteiger partial charge in [0.05, 0.1) is 17.7 Å². The summed E-state index contributed by atoms with van der Waals surface area (Å²) in [5.41, 5.74) is 1.98. The van der Waals surface area contributed by atoms with Crippen molar-refractivity contribution in [3.05, 3.63) is 65.5 Å². The standard InChI is InChI=1S/C23H24N3O3/c1-16(11-22(28)19-6-4-17(14-24)5-7-19)23(29)26-10-8-21(27)13-20(26)12-18-3-2-9-25-15-18/h2-7,9,15-16,20-21H,8,10-13H2,1H3/t16?,20?,21-/m1/s1. The van der Waals surface area contributed by atoms with Crippen molar-refractivity contribution in [1.29, 1.82) is 5.26 Å². The number of Topliss-reactive ketones (excluding diaryl/α,β-unsaturated/α-hetero) is 1. The van der Waals surface area contributed by atoms with Crippen LogP contribution in [-0.4, -0.2) is 40.3 Å². The van der Waals surface area contributed by atoms with Crippen LogP contribution >= 0.6 is 0 Å². The van der Waals surface area contributed by atoms with Gasteiger partial charge in [-0.1, -0.05) is 25.1 Å². The van der Waals surface area contributed by atoms with Gasteiger partial charge in [0.15, 0.2) is 5.78 Å². The quantitative estimate of drug-likeness (QED) is 0.708. The van der Waals surface area contributed by atoms with Crippen LogP contribution in [0.25, 0.3) is 0 Å². The minimum atomic E-state index is -0.670. The second-order valence-electron chi connectivity index (χ2n) is 7.61. The van der Waals surface area contributed by atoms with Crippen molar-refractivity contribution in [2.45, 2.75) is 44.8 Å². The maximum absolute atomic E-state index is 13.1. The van der Waals surface area contributed by atoms with Crippen molar-refractivity contribution >= 4 is 11.7 Å². The van der Waals surface area contributed by atoms with E-state index in [1.165, 1.54) is 0 Å². The van der Waals surface area contributed by atoms with Crippen molar-refractivity contribution in [3.8, 4) is 6.07 Å². The van der Waals surface area contributed by atoms with E-state index in [2.05, 4.69) is 4.98 Å². The molecule has 149 valence electrons. The van der Waals surface area contributed by atoms with Crippen molar-refractivity contribution in [2.24, 2.45) is 5.92 Å². The first kappa shape index (κ1) is 20.7. The van der Waals surface area contributed by atoms with Gasteiger partial charge in [-0.3, -0.25) is 14.6 Å². The fraction of sp³-hybridized carbons (Fsp3) is 0.391. The lowest BCUT2D eigenvalue weighted by Gasteiger charge is -2.38. The number of hydrogen-bond donors (Lipinski definition) is 0. The Kier molecular flexibility index (Phi) is 6.73. The Labute approximate surface area is 170 Å². The smallest absolute Gasteiger partial charge is 0.226 e. The topological polar surface area (TPSA) is 94.0 Å². The van der Waals surface area contributed by atoms with Gasteiger partial charge < -0.3 is 4.90 Å². The summed E-state index contributed by atoms with van der Waals surface area (Å²) in [6, 6.07) is 12.1. The fourth-order valence-electron chi connectivity index (χ4n) is 3.79. The van der Waals surface area contributed by atoms with Crippen molar-refractivity contribution in [3.63, 3.8) is 0 Å². The van der Waals surface area contributed by atoms with Crippen molar-refractivity contribution in [2.75, 3.05) is 6.54 Å². The molecule has 0 spiro atoms. The maximum Gasteiger partial charge on any atom is 0.226 e. The molecule has 2 heterocycles. The third-order valence-electron chi connectivity index (χ3n) is 5.39. The molecule has 6 heteroatoms. The minimum absolute atomic E-state index is 0.0900. The molecular weight excluding hydrogens is 366 g/mol. The molecule has 29 heavy (non-hydrogen) atoms. The molecule has 1 aliphatic heterocycles. The normalized spacial score (nSPS) is 20.0. The first-order chi connectivity index (χ1) is 14.0. The van der Waals surface area contributed by atoms with Gasteiger partial charge in [0.25, 0.3) is 0 Å². The Morgan fingerprint density at radius 1 is 1.28 bits per heavy atom. The van der Waals surface area contributed by atoms with Crippen LogP contribution in [0.1, 0.15) is 47.7 Å². The lowest BCUT2D eigenvalue weighted by molar-refractivity contribution is -0.141. The molecule has 1 aromatic carbocycles. The molecule has 0 aliphatic carbocycles. The van der Waals surface area contributed by atoms with Crippen LogP contribution in [0.2, 0.25) is 0 Å². The predicted molar refractivity (Wildman–Crippen MR) is 106 cm³/mol. The van der Waals surface area contributed by atoms with Crippen molar-refractivity contribution < 1.29 is 14.7 Å². The van der Waals surface area contributed by atoms with Gasteiger partial charge in [-0.05, 0) is 43.0 Å². The largest absolute Gasteiger partial charge is 0.339 e. The fourth-order valence-corrected chi connectivity index (χ4v) is 3.79. The summed E-state index contributed by atoms with van der Waals surface area (Å²) in [6.07, 6.45) is 4.32. The number of hydrogen-bond acceptors (Lipinski definition) is 4. The average molecular weight is 390 g/mol. The predicted octanol–water partition coefficient (Wildman–Crippen LogP) is 3.19. The monoisotopic (exact) mass is 390 g/mol. The number of carbonyl (C=O) groups excluding carboxylic acids is 2. The summed E-state index contributed by atoms with van der Waals surface area (Å²) in [6.45, 7) is 2.18. The van der Waals surface area contributed by atoms with Crippen LogP contribution in [0.4, 0.5) is 0 Å². The molecule has 3 atom stereocenters. The first-order valence-corrected chi connectivity index (χ1v) is 9.86. The van der Waals surface area contributed by atoms with Gasteiger partial charge in [0, 0.05) is 42.9 Å². The Balaban J connectivity index is 1.67. The number of benzene rings is 1. The number of ketones is 1. The van der Waals surface area contributed by atoms with Crippen LogP contribution in [0, 0.1) is 17.2 Å². The van der Waals surface area contributed by atoms with Gasteiger partial charge in [0.2, 0.25) is 5.91 Å². The van der Waals surface area contributed by atoms with Gasteiger partial charge in [0.1, 0.15) is 0 Å². The van der Waals surface area contributed by atoms with Gasteiger partial charge in [-0.2, -0.15) is 5.26 Å². The zero-order valence-corrected chi connectivity index (χ0v) is 16.5. The number of amides is 1. The highest BCUT2D eigenvalue weighted by Crippen LogP contribution is 2.24. The van der Waals surface area contributed by atoms with E-state index in [4.69, 9.17) is 5.26 Å². The highest BCUT2D eigenvalue weighted by Gasteiger charge is 2.34. The number of nitriles is 1. The lowest BCUT2D eigenvalue weighted by Crippen LogP contribution is -2.50. The summed E-state index contributed by atoms with van der Waals surface area (Å²) in [5, 5.41) is 20.9. The number of piperidine rings is 1. The number of nitrogens with zero attached hydrogens (tertiary/aromatic N) is 3. The zero-order valence-electron chi connectivity index (χ0n) is 16.5. The van der Waals surface area contributed by atoms with Crippen LogP contribution in [0.5, 0.6) is 0 Å². The van der Waals surface area contributed by atoms with Crippen LogP contribution in [0.3, 0.4) is 0 Å². The lowest BCUT2D eigenvalue weighted by atomic mass is 9.91. The maximum atomic E-state index is 13.1. The second kappa shape index (κ2) is 9.44. The molecule has 6 nitrogen and oxygen atoms in total. The molecule has 1 fully saturated rings. The number of likely N-dealkylation sites (tertiary alicyclic amines) is 1. The molecule has 1 amide bonds. The average Bonchev–Trinajstić information content (AvgIpc) is 2.74. The summed E-state index contributed by atoms with van der Waals surface area (Å²) in [4.78, 5) is 31.5. The first-order valence-electron chi connectivity index (χ1n) is 9.86. The molecular formula is C23H24N3O3. The van der Waals surface area contributed by atoms with Gasteiger partial charge in [-0.15, -0.1) is 0 Å². The summed E-state index contributed by atoms with van der Waals surface area (Å²) in [5.74, 6) is -0.691. The van der Waals surface area contributed by atoms with E-state index >= 15 is 0 Å². The molecule has 3 rings (SSSR count). The zero-order chi connectivity index (χ0) is 20.8.